The first-order chi connectivity index (χ1) is 6.78. The summed E-state index contributed by atoms with van der Waals surface area (Å²) in [7, 11) is 0. The fourth-order valence-electron chi connectivity index (χ4n) is 1.86. The lowest BCUT2D eigenvalue weighted by atomic mass is 9.97. The minimum Gasteiger partial charge on any atom is -0.126 e. The van der Waals surface area contributed by atoms with Gasteiger partial charge in [-0.05, 0) is 42.2 Å². The molecule has 0 amide bonds. The molecule has 1 saturated carbocycles. The summed E-state index contributed by atoms with van der Waals surface area (Å²) in [5.74, 6) is 0.822. The minimum atomic E-state index is 0.454. The lowest BCUT2D eigenvalue weighted by Gasteiger charge is -2.11. The van der Waals surface area contributed by atoms with Gasteiger partial charge in [0.25, 0.3) is 0 Å². The highest BCUT2D eigenvalue weighted by molar-refractivity contribution is 6.18. The molecule has 0 radical (unpaired) electrons. The summed E-state index contributed by atoms with van der Waals surface area (Å²) >= 11 is 5.96. The number of halogens is 1. The van der Waals surface area contributed by atoms with Crippen molar-refractivity contribution in [3.8, 4) is 0 Å². The highest BCUT2D eigenvalue weighted by Crippen LogP contribution is 2.49. The summed E-state index contributed by atoms with van der Waals surface area (Å²) in [6.07, 6.45) is 4.92. The molecule has 14 heavy (non-hydrogen) atoms. The molecule has 0 unspecified atom stereocenters. The molecule has 1 aliphatic rings. The molecule has 0 nitrogen and oxygen atoms in total. The molecular formula is C13H17Cl. The van der Waals surface area contributed by atoms with E-state index in [0.29, 0.717) is 5.41 Å². The Morgan fingerprint density at radius 2 is 1.71 bits per heavy atom. The molecule has 0 saturated heterocycles. The van der Waals surface area contributed by atoms with Crippen molar-refractivity contribution in [3.63, 3.8) is 0 Å². The van der Waals surface area contributed by atoms with Crippen LogP contribution in [0, 0.1) is 5.41 Å². The molecular weight excluding hydrogens is 192 g/mol. The standard InChI is InChI=1S/C13H17Cl/c1-2-11-3-5-12(6-4-11)9-13(10-14)7-8-13/h3-6H,2,7-10H2,1H3. The number of alkyl halides is 1. The van der Waals surface area contributed by atoms with Gasteiger partial charge in [-0.15, -0.1) is 11.6 Å². The van der Waals surface area contributed by atoms with Crippen molar-refractivity contribution in [1.82, 2.24) is 0 Å². The van der Waals surface area contributed by atoms with Crippen molar-refractivity contribution in [1.29, 1.82) is 0 Å². The molecule has 0 N–H and O–H groups in total. The number of rotatable bonds is 4. The zero-order chi connectivity index (χ0) is 10.0. The minimum absolute atomic E-state index is 0.454. The van der Waals surface area contributed by atoms with Crippen LogP contribution in [0.1, 0.15) is 30.9 Å². The normalized spacial score (nSPS) is 18.1. The van der Waals surface area contributed by atoms with Gasteiger partial charge in [-0.2, -0.15) is 0 Å². The fraction of sp³-hybridized carbons (Fsp3) is 0.538. The smallest absolute Gasteiger partial charge is 0.0283 e. The van der Waals surface area contributed by atoms with E-state index in [0.717, 1.165) is 12.3 Å². The summed E-state index contributed by atoms with van der Waals surface area (Å²) in [5, 5.41) is 0. The van der Waals surface area contributed by atoms with Crippen LogP contribution >= 0.6 is 11.6 Å². The SMILES string of the molecule is CCc1ccc(CC2(CCl)CC2)cc1. The van der Waals surface area contributed by atoms with Gasteiger partial charge in [-0.1, -0.05) is 31.2 Å². The Balaban J connectivity index is 2.03. The third kappa shape index (κ3) is 2.12. The van der Waals surface area contributed by atoms with Crippen LogP contribution in [-0.2, 0) is 12.8 Å². The van der Waals surface area contributed by atoms with Crippen molar-refractivity contribution in [2.45, 2.75) is 32.6 Å². The van der Waals surface area contributed by atoms with Crippen molar-refractivity contribution >= 4 is 11.6 Å². The van der Waals surface area contributed by atoms with Crippen molar-refractivity contribution < 1.29 is 0 Å². The summed E-state index contributed by atoms with van der Waals surface area (Å²) in [5.41, 5.74) is 3.32. The van der Waals surface area contributed by atoms with Gasteiger partial charge in [0.15, 0.2) is 0 Å². The molecule has 0 aliphatic heterocycles. The average molecular weight is 209 g/mol. The maximum absolute atomic E-state index is 5.96. The summed E-state index contributed by atoms with van der Waals surface area (Å²) < 4.78 is 0. The zero-order valence-electron chi connectivity index (χ0n) is 8.72. The molecule has 2 rings (SSSR count). The number of hydrogen-bond acceptors (Lipinski definition) is 0. The second-order valence-electron chi connectivity index (χ2n) is 4.48. The third-order valence-electron chi connectivity index (χ3n) is 3.25. The van der Waals surface area contributed by atoms with Gasteiger partial charge in [0.05, 0.1) is 0 Å². The number of benzene rings is 1. The Morgan fingerprint density at radius 3 is 2.14 bits per heavy atom. The maximum Gasteiger partial charge on any atom is 0.0283 e. The van der Waals surface area contributed by atoms with Crippen LogP contribution in [0.5, 0.6) is 0 Å². The number of hydrogen-bond donors (Lipinski definition) is 0. The van der Waals surface area contributed by atoms with Gasteiger partial charge in [0.2, 0.25) is 0 Å². The highest BCUT2D eigenvalue weighted by atomic mass is 35.5. The van der Waals surface area contributed by atoms with E-state index in [4.69, 9.17) is 11.6 Å². The van der Waals surface area contributed by atoms with Gasteiger partial charge in [-0.25, -0.2) is 0 Å². The van der Waals surface area contributed by atoms with E-state index < -0.39 is 0 Å². The van der Waals surface area contributed by atoms with E-state index >= 15 is 0 Å². The van der Waals surface area contributed by atoms with Crippen LogP contribution in [0.3, 0.4) is 0 Å². The van der Waals surface area contributed by atoms with E-state index in [2.05, 4.69) is 31.2 Å². The second-order valence-corrected chi connectivity index (χ2v) is 4.75. The van der Waals surface area contributed by atoms with E-state index in [1.165, 1.54) is 30.4 Å². The molecule has 1 heteroatoms. The van der Waals surface area contributed by atoms with Gasteiger partial charge < -0.3 is 0 Å². The molecule has 1 aliphatic carbocycles. The lowest BCUT2D eigenvalue weighted by Crippen LogP contribution is -2.06. The first-order valence-electron chi connectivity index (χ1n) is 5.42. The lowest BCUT2D eigenvalue weighted by molar-refractivity contribution is 0.578. The molecule has 1 aromatic rings. The second kappa shape index (κ2) is 3.94. The largest absolute Gasteiger partial charge is 0.126 e. The predicted octanol–water partition coefficient (Wildman–Crippen LogP) is 3.81. The Hall–Kier alpha value is -0.490. The summed E-state index contributed by atoms with van der Waals surface area (Å²) in [4.78, 5) is 0. The zero-order valence-corrected chi connectivity index (χ0v) is 9.48. The molecule has 0 spiro atoms. The topological polar surface area (TPSA) is 0 Å². The monoisotopic (exact) mass is 208 g/mol. The summed E-state index contributed by atoms with van der Waals surface area (Å²) in [6, 6.07) is 8.98. The molecule has 76 valence electrons. The average Bonchev–Trinajstić information content (AvgIpc) is 3.00. The van der Waals surface area contributed by atoms with Gasteiger partial charge in [-0.3, -0.25) is 0 Å². The van der Waals surface area contributed by atoms with Crippen LogP contribution < -0.4 is 0 Å². The number of aryl methyl sites for hydroxylation is 1. The van der Waals surface area contributed by atoms with Crippen molar-refractivity contribution in [2.75, 3.05) is 5.88 Å². The van der Waals surface area contributed by atoms with Gasteiger partial charge >= 0.3 is 0 Å². The van der Waals surface area contributed by atoms with E-state index in [9.17, 15) is 0 Å². The van der Waals surface area contributed by atoms with E-state index in [-0.39, 0.29) is 0 Å². The molecule has 1 fully saturated rings. The Bertz CT molecular complexity index is 296. The Morgan fingerprint density at radius 1 is 1.14 bits per heavy atom. The first-order valence-corrected chi connectivity index (χ1v) is 5.95. The third-order valence-corrected chi connectivity index (χ3v) is 3.82. The van der Waals surface area contributed by atoms with Gasteiger partial charge in [0.1, 0.15) is 0 Å². The van der Waals surface area contributed by atoms with Crippen LogP contribution in [0.2, 0.25) is 0 Å². The van der Waals surface area contributed by atoms with Crippen molar-refractivity contribution in [3.05, 3.63) is 35.4 Å². The first kappa shape index (κ1) is 10.0. The molecule has 0 heterocycles. The summed E-state index contributed by atoms with van der Waals surface area (Å²) in [6.45, 7) is 2.19. The Kier molecular flexibility index (Phi) is 2.83. The van der Waals surface area contributed by atoms with Crippen LogP contribution in [0.15, 0.2) is 24.3 Å². The molecule has 0 aromatic heterocycles. The van der Waals surface area contributed by atoms with Crippen LogP contribution in [0.25, 0.3) is 0 Å². The van der Waals surface area contributed by atoms with Crippen LogP contribution in [-0.4, -0.2) is 5.88 Å². The quantitative estimate of drug-likeness (QED) is 0.661. The molecule has 1 aromatic carbocycles. The predicted molar refractivity (Wildman–Crippen MR) is 61.9 cm³/mol. The molecule has 0 atom stereocenters. The fourth-order valence-corrected chi connectivity index (χ4v) is 2.22. The maximum atomic E-state index is 5.96. The van der Waals surface area contributed by atoms with E-state index in [1.54, 1.807) is 0 Å². The van der Waals surface area contributed by atoms with Gasteiger partial charge in [0, 0.05) is 5.88 Å². The highest BCUT2D eigenvalue weighted by Gasteiger charge is 2.41. The Labute approximate surface area is 91.3 Å². The van der Waals surface area contributed by atoms with Crippen molar-refractivity contribution in [2.24, 2.45) is 5.41 Å². The van der Waals surface area contributed by atoms with Crippen LogP contribution in [0.4, 0.5) is 0 Å². The molecule has 0 bridgehead atoms. The van der Waals surface area contributed by atoms with E-state index in [1.807, 2.05) is 0 Å².